The zero-order chi connectivity index (χ0) is 15.7. The molecular weight excluding hydrogens is 315 g/mol. The third-order valence-corrected chi connectivity index (χ3v) is 3.56. The molecule has 0 aliphatic heterocycles. The van der Waals surface area contributed by atoms with Crippen molar-refractivity contribution in [1.82, 2.24) is 4.98 Å². The van der Waals surface area contributed by atoms with Gasteiger partial charge in [0.25, 0.3) is 0 Å². The molecule has 0 aliphatic rings. The lowest BCUT2D eigenvalue weighted by Crippen LogP contribution is -2.28. The van der Waals surface area contributed by atoms with Crippen molar-refractivity contribution in [2.45, 2.75) is 6.42 Å². The minimum atomic E-state index is -2.26. The van der Waals surface area contributed by atoms with E-state index in [1.807, 2.05) is 0 Å². The Hall–Kier alpha value is -2.03. The van der Waals surface area contributed by atoms with Crippen LogP contribution in [0.25, 0.3) is 0 Å². The Morgan fingerprint density at radius 3 is 2.10 bits per heavy atom. The number of anilines is 1. The molecule has 0 unspecified atom stereocenters. The molecule has 112 valence electrons. The first-order chi connectivity index (χ1) is 9.84. The molecule has 0 bridgehead atoms. The molecule has 21 heavy (non-hydrogen) atoms. The van der Waals surface area contributed by atoms with Gasteiger partial charge in [-0.3, -0.25) is 9.69 Å². The number of aromatic nitrogens is 1. The molecule has 0 saturated carbocycles. The Labute approximate surface area is 119 Å². The van der Waals surface area contributed by atoms with Crippen LogP contribution >= 0.6 is 11.3 Å². The van der Waals surface area contributed by atoms with Crippen molar-refractivity contribution in [3.8, 4) is 0 Å². The highest BCUT2D eigenvalue weighted by Gasteiger charge is 2.28. The van der Waals surface area contributed by atoms with Crippen LogP contribution in [0, 0.1) is 29.1 Å². The second-order valence-electron chi connectivity index (χ2n) is 3.99. The van der Waals surface area contributed by atoms with Crippen molar-refractivity contribution in [1.29, 1.82) is 0 Å². The molecule has 9 heteroatoms. The highest BCUT2D eigenvalue weighted by Crippen LogP contribution is 2.24. The van der Waals surface area contributed by atoms with Crippen molar-refractivity contribution in [3.63, 3.8) is 0 Å². The smallest absolute Gasteiger partial charge is 0.233 e. The van der Waals surface area contributed by atoms with E-state index in [9.17, 15) is 26.7 Å². The van der Waals surface area contributed by atoms with Crippen LogP contribution in [0.15, 0.2) is 11.6 Å². The van der Waals surface area contributed by atoms with Gasteiger partial charge in [0.05, 0.1) is 6.42 Å². The van der Waals surface area contributed by atoms with Gasteiger partial charge in [0, 0.05) is 24.2 Å². The minimum absolute atomic E-state index is 0.240. The molecule has 1 aromatic heterocycles. The molecule has 0 radical (unpaired) electrons. The molecule has 0 fully saturated rings. The van der Waals surface area contributed by atoms with Gasteiger partial charge >= 0.3 is 0 Å². The number of likely N-dealkylation sites (N-methyl/N-ethyl adjacent to an activating group) is 1. The van der Waals surface area contributed by atoms with E-state index in [0.717, 1.165) is 16.2 Å². The predicted octanol–water partition coefficient (Wildman–Crippen LogP) is 3.04. The summed E-state index contributed by atoms with van der Waals surface area (Å²) in [6.07, 6.45) is 0.435. The van der Waals surface area contributed by atoms with E-state index < -0.39 is 47.0 Å². The Bertz CT molecular complexity index is 660. The average Bonchev–Trinajstić information content (AvgIpc) is 3.00. The number of hydrogen-bond donors (Lipinski definition) is 0. The van der Waals surface area contributed by atoms with Gasteiger partial charge in [-0.15, -0.1) is 11.3 Å². The Morgan fingerprint density at radius 1 is 1.10 bits per heavy atom. The standard InChI is InChI=1S/C12H7F5N2OS/c1-19(12-18-2-3-21-12)6(20)4-5-7(13)9(15)11(17)10(16)8(5)14/h2-3H,4H2,1H3. The topological polar surface area (TPSA) is 33.2 Å². The highest BCUT2D eigenvalue weighted by atomic mass is 32.1. The number of halogens is 5. The molecule has 0 spiro atoms. The van der Waals surface area contributed by atoms with Gasteiger partial charge in [0.15, 0.2) is 28.4 Å². The fourth-order valence-electron chi connectivity index (χ4n) is 1.56. The average molecular weight is 322 g/mol. The van der Waals surface area contributed by atoms with Crippen LogP contribution in [0.4, 0.5) is 27.1 Å². The van der Waals surface area contributed by atoms with E-state index in [4.69, 9.17) is 0 Å². The van der Waals surface area contributed by atoms with Gasteiger partial charge in [-0.05, 0) is 0 Å². The summed E-state index contributed by atoms with van der Waals surface area (Å²) in [7, 11) is 1.28. The molecule has 2 aromatic rings. The van der Waals surface area contributed by atoms with Gasteiger partial charge in [-0.25, -0.2) is 26.9 Å². The lowest BCUT2D eigenvalue weighted by molar-refractivity contribution is -0.117. The van der Waals surface area contributed by atoms with Crippen molar-refractivity contribution in [2.24, 2.45) is 0 Å². The van der Waals surface area contributed by atoms with Gasteiger partial charge in [0.2, 0.25) is 11.7 Å². The highest BCUT2D eigenvalue weighted by molar-refractivity contribution is 7.13. The number of thiazole rings is 1. The van der Waals surface area contributed by atoms with Crippen LogP contribution in [0.1, 0.15) is 5.56 Å². The summed E-state index contributed by atoms with van der Waals surface area (Å²) in [6, 6.07) is 0. The lowest BCUT2D eigenvalue weighted by atomic mass is 10.1. The zero-order valence-electron chi connectivity index (χ0n) is 10.5. The summed E-state index contributed by atoms with van der Waals surface area (Å²) >= 11 is 1.09. The van der Waals surface area contributed by atoms with Crippen molar-refractivity contribution < 1.29 is 26.7 Å². The van der Waals surface area contributed by atoms with Gasteiger partial charge in [-0.1, -0.05) is 0 Å². The summed E-state index contributed by atoms with van der Waals surface area (Å²) in [5.74, 6) is -11.3. The Kier molecular flexibility index (Phi) is 4.21. The molecule has 0 aliphatic carbocycles. The summed E-state index contributed by atoms with van der Waals surface area (Å²) in [6.45, 7) is 0. The molecule has 1 amide bonds. The minimum Gasteiger partial charge on any atom is -0.291 e. The summed E-state index contributed by atoms with van der Waals surface area (Å²) in [5, 5.41) is 1.81. The van der Waals surface area contributed by atoms with Crippen LogP contribution in [0.2, 0.25) is 0 Å². The molecule has 3 nitrogen and oxygen atoms in total. The van der Waals surface area contributed by atoms with E-state index in [2.05, 4.69) is 4.98 Å². The first-order valence-electron chi connectivity index (χ1n) is 5.51. The number of carbonyl (C=O) groups excluding carboxylic acids is 1. The van der Waals surface area contributed by atoms with Crippen LogP contribution in [0.5, 0.6) is 0 Å². The van der Waals surface area contributed by atoms with Crippen LogP contribution in [-0.4, -0.2) is 17.9 Å². The molecular formula is C12H7F5N2OS. The van der Waals surface area contributed by atoms with E-state index in [-0.39, 0.29) is 5.13 Å². The number of amides is 1. The van der Waals surface area contributed by atoms with Crippen LogP contribution in [-0.2, 0) is 11.2 Å². The fourth-order valence-corrected chi connectivity index (χ4v) is 2.19. The normalized spacial score (nSPS) is 10.8. The van der Waals surface area contributed by atoms with E-state index in [1.165, 1.54) is 13.2 Å². The van der Waals surface area contributed by atoms with Gasteiger partial charge in [-0.2, -0.15) is 0 Å². The van der Waals surface area contributed by atoms with E-state index in [1.54, 1.807) is 5.38 Å². The monoisotopic (exact) mass is 322 g/mol. The SMILES string of the molecule is CN(C(=O)Cc1c(F)c(F)c(F)c(F)c1F)c1nccs1. The summed E-state index contributed by atoms with van der Waals surface area (Å²) < 4.78 is 65.9. The molecule has 2 rings (SSSR count). The zero-order valence-corrected chi connectivity index (χ0v) is 11.3. The van der Waals surface area contributed by atoms with Gasteiger partial charge in [0.1, 0.15) is 0 Å². The Balaban J connectivity index is 2.34. The number of rotatable bonds is 3. The predicted molar refractivity (Wildman–Crippen MR) is 65.5 cm³/mol. The third kappa shape index (κ3) is 2.73. The third-order valence-electron chi connectivity index (χ3n) is 2.71. The number of carbonyl (C=O) groups is 1. The quantitative estimate of drug-likeness (QED) is 0.494. The first kappa shape index (κ1) is 15.4. The molecule has 0 atom stereocenters. The maximum absolute atomic E-state index is 13.5. The molecule has 1 aromatic carbocycles. The maximum atomic E-state index is 13.5. The molecule has 0 saturated heterocycles. The van der Waals surface area contributed by atoms with Crippen LogP contribution in [0.3, 0.4) is 0 Å². The van der Waals surface area contributed by atoms with E-state index >= 15 is 0 Å². The summed E-state index contributed by atoms with van der Waals surface area (Å²) in [5.41, 5.74) is -1.17. The Morgan fingerprint density at radius 2 is 1.62 bits per heavy atom. The lowest BCUT2D eigenvalue weighted by Gasteiger charge is -2.14. The second kappa shape index (κ2) is 5.76. The number of nitrogens with zero attached hydrogens (tertiary/aromatic N) is 2. The number of benzene rings is 1. The van der Waals surface area contributed by atoms with Gasteiger partial charge < -0.3 is 0 Å². The largest absolute Gasteiger partial charge is 0.291 e. The molecule has 1 heterocycles. The first-order valence-corrected chi connectivity index (χ1v) is 6.39. The maximum Gasteiger partial charge on any atom is 0.233 e. The summed E-state index contributed by atoms with van der Waals surface area (Å²) in [4.78, 5) is 16.6. The van der Waals surface area contributed by atoms with Crippen molar-refractivity contribution in [3.05, 3.63) is 46.2 Å². The second-order valence-corrected chi connectivity index (χ2v) is 4.87. The fraction of sp³-hybridized carbons (Fsp3) is 0.167. The van der Waals surface area contributed by atoms with Crippen molar-refractivity contribution in [2.75, 3.05) is 11.9 Å². The molecule has 0 N–H and O–H groups in total. The van der Waals surface area contributed by atoms with Crippen LogP contribution < -0.4 is 4.90 Å². The van der Waals surface area contributed by atoms with Crippen molar-refractivity contribution >= 4 is 22.4 Å². The number of hydrogen-bond acceptors (Lipinski definition) is 3. The van der Waals surface area contributed by atoms with E-state index in [0.29, 0.717) is 0 Å².